The highest BCUT2D eigenvalue weighted by molar-refractivity contribution is 6.99. The molecule has 0 radical (unpaired) electrons. The summed E-state index contributed by atoms with van der Waals surface area (Å²) in [6, 6.07) is 17.1. The summed E-state index contributed by atoms with van der Waals surface area (Å²) in [6.45, 7) is 7.01. The van der Waals surface area contributed by atoms with E-state index in [9.17, 15) is 4.79 Å². The van der Waals surface area contributed by atoms with Crippen LogP contribution in [0, 0.1) is 6.92 Å². The highest BCUT2D eigenvalue weighted by Crippen LogP contribution is 2.18. The predicted molar refractivity (Wildman–Crippen MR) is 107 cm³/mol. The van der Waals surface area contributed by atoms with Gasteiger partial charge in [0, 0.05) is 18.7 Å². The number of nitrogens with zero attached hydrogens (tertiary/aromatic N) is 3. The number of aromatic nitrogens is 2. The molecule has 27 heavy (non-hydrogen) atoms. The van der Waals surface area contributed by atoms with E-state index in [2.05, 4.69) is 15.3 Å². The molecule has 0 bridgehead atoms. The molecule has 0 spiro atoms. The van der Waals surface area contributed by atoms with E-state index in [0.717, 1.165) is 17.0 Å². The summed E-state index contributed by atoms with van der Waals surface area (Å²) in [7, 11) is 0. The first-order valence-corrected chi connectivity index (χ1v) is 9.35. The molecule has 3 rings (SSSR count). The second-order valence-electron chi connectivity index (χ2n) is 6.07. The zero-order valence-electron chi connectivity index (χ0n) is 15.2. The third kappa shape index (κ3) is 5.01. The topological polar surface area (TPSA) is 55.3 Å². The fourth-order valence-electron chi connectivity index (χ4n) is 2.61. The lowest BCUT2D eigenvalue weighted by molar-refractivity contribution is 0.0762. The van der Waals surface area contributed by atoms with Gasteiger partial charge >= 0.3 is 0 Å². The lowest BCUT2D eigenvalue weighted by Crippen LogP contribution is -2.30. The van der Waals surface area contributed by atoms with Gasteiger partial charge in [0.05, 0.1) is 17.4 Å². The Balaban J connectivity index is 1.72. The Morgan fingerprint density at radius 3 is 2.70 bits per heavy atom. The minimum Gasteiger partial charge on any atom is -0.487 e. The minimum absolute atomic E-state index is 0.0595. The Morgan fingerprint density at radius 2 is 2.00 bits per heavy atom. The molecular formula is C21H21N3O2S. The van der Waals surface area contributed by atoms with Crippen molar-refractivity contribution in [2.75, 3.05) is 6.54 Å². The number of benzene rings is 2. The Hall–Kier alpha value is -2.99. The van der Waals surface area contributed by atoms with E-state index in [-0.39, 0.29) is 5.91 Å². The minimum atomic E-state index is -0.0595. The van der Waals surface area contributed by atoms with Gasteiger partial charge in [-0.05, 0) is 30.7 Å². The van der Waals surface area contributed by atoms with Crippen molar-refractivity contribution in [3.05, 3.63) is 89.8 Å². The molecule has 0 fully saturated rings. The van der Waals surface area contributed by atoms with Gasteiger partial charge in [-0.1, -0.05) is 42.5 Å². The van der Waals surface area contributed by atoms with Crippen LogP contribution in [0.5, 0.6) is 5.75 Å². The second-order valence-corrected chi connectivity index (χ2v) is 6.60. The zero-order chi connectivity index (χ0) is 19.1. The molecule has 0 saturated heterocycles. The number of rotatable bonds is 8. The van der Waals surface area contributed by atoms with Crippen LogP contribution in [0.15, 0.2) is 67.3 Å². The molecule has 0 aliphatic heterocycles. The van der Waals surface area contributed by atoms with Crippen LogP contribution in [-0.2, 0) is 13.2 Å². The van der Waals surface area contributed by atoms with Gasteiger partial charge in [-0.25, -0.2) is 0 Å². The number of hydrogen-bond donors (Lipinski definition) is 0. The van der Waals surface area contributed by atoms with Crippen LogP contribution in [0.4, 0.5) is 0 Å². The maximum absolute atomic E-state index is 13.0. The Morgan fingerprint density at radius 1 is 1.19 bits per heavy atom. The van der Waals surface area contributed by atoms with E-state index in [0.29, 0.717) is 31.0 Å². The average molecular weight is 379 g/mol. The SMILES string of the molecule is C=CCN(Cc1ccccc1)C(=O)c1cccc(OCc2nsnc2C)c1. The fourth-order valence-corrected chi connectivity index (χ4v) is 3.16. The highest BCUT2D eigenvalue weighted by Gasteiger charge is 2.16. The molecule has 0 unspecified atom stereocenters. The molecule has 0 atom stereocenters. The summed E-state index contributed by atoms with van der Waals surface area (Å²) in [5, 5.41) is 0. The van der Waals surface area contributed by atoms with Gasteiger partial charge in [0.15, 0.2) is 0 Å². The number of carbonyl (C=O) groups is 1. The monoisotopic (exact) mass is 379 g/mol. The molecule has 0 aliphatic rings. The maximum atomic E-state index is 13.0. The predicted octanol–water partition coefficient (Wildman–Crippen LogP) is 4.25. The van der Waals surface area contributed by atoms with Crippen LogP contribution in [-0.4, -0.2) is 26.1 Å². The molecule has 6 heteroatoms. The number of carbonyl (C=O) groups excluding carboxylic acids is 1. The number of hydrogen-bond acceptors (Lipinski definition) is 5. The van der Waals surface area contributed by atoms with Crippen LogP contribution < -0.4 is 4.74 Å². The second kappa shape index (κ2) is 9.09. The van der Waals surface area contributed by atoms with E-state index >= 15 is 0 Å². The van der Waals surface area contributed by atoms with E-state index in [1.807, 2.05) is 49.4 Å². The normalized spacial score (nSPS) is 10.4. The summed E-state index contributed by atoms with van der Waals surface area (Å²) < 4.78 is 14.1. The molecular weight excluding hydrogens is 358 g/mol. The van der Waals surface area contributed by atoms with Gasteiger partial charge in [-0.2, -0.15) is 8.75 Å². The van der Waals surface area contributed by atoms with Gasteiger partial charge < -0.3 is 9.64 Å². The molecule has 138 valence electrons. The van der Waals surface area contributed by atoms with Gasteiger partial charge in [-0.3, -0.25) is 4.79 Å². The maximum Gasteiger partial charge on any atom is 0.254 e. The first-order chi connectivity index (χ1) is 13.2. The van der Waals surface area contributed by atoms with E-state index < -0.39 is 0 Å². The lowest BCUT2D eigenvalue weighted by atomic mass is 10.1. The molecule has 2 aromatic carbocycles. The Labute approximate surface area is 163 Å². The summed E-state index contributed by atoms with van der Waals surface area (Å²) in [4.78, 5) is 14.7. The van der Waals surface area contributed by atoms with E-state index in [1.54, 1.807) is 23.1 Å². The van der Waals surface area contributed by atoms with Crippen molar-refractivity contribution in [3.63, 3.8) is 0 Å². The standard InChI is InChI=1S/C21H21N3O2S/c1-3-12-24(14-17-8-5-4-6-9-17)21(25)18-10-7-11-19(13-18)26-15-20-16(2)22-27-23-20/h3-11,13H,1,12,14-15H2,2H3. The van der Waals surface area contributed by atoms with Crippen LogP contribution in [0.1, 0.15) is 27.3 Å². The third-order valence-electron chi connectivity index (χ3n) is 4.06. The first kappa shape index (κ1) is 18.8. The molecule has 0 N–H and O–H groups in total. The number of aryl methyl sites for hydroxylation is 1. The molecule has 0 aliphatic carbocycles. The number of amides is 1. The Kier molecular flexibility index (Phi) is 6.33. The summed E-state index contributed by atoms with van der Waals surface area (Å²) in [5.74, 6) is 0.572. The van der Waals surface area contributed by atoms with Crippen molar-refractivity contribution in [1.29, 1.82) is 0 Å². The quantitative estimate of drug-likeness (QED) is 0.549. The molecule has 1 heterocycles. The fraction of sp³-hybridized carbons (Fsp3) is 0.190. The molecule has 0 saturated carbocycles. The van der Waals surface area contributed by atoms with Crippen LogP contribution in [0.25, 0.3) is 0 Å². The van der Waals surface area contributed by atoms with Crippen molar-refractivity contribution in [3.8, 4) is 5.75 Å². The van der Waals surface area contributed by atoms with Crippen molar-refractivity contribution in [1.82, 2.24) is 13.6 Å². The average Bonchev–Trinajstić information content (AvgIpc) is 3.11. The summed E-state index contributed by atoms with van der Waals surface area (Å²) in [6.07, 6.45) is 1.74. The van der Waals surface area contributed by atoms with Gasteiger partial charge in [0.1, 0.15) is 18.1 Å². The van der Waals surface area contributed by atoms with Crippen molar-refractivity contribution in [2.24, 2.45) is 0 Å². The Bertz CT molecular complexity index is 909. The van der Waals surface area contributed by atoms with E-state index in [1.165, 1.54) is 11.7 Å². The lowest BCUT2D eigenvalue weighted by Gasteiger charge is -2.21. The first-order valence-electron chi connectivity index (χ1n) is 8.62. The van der Waals surface area contributed by atoms with Crippen molar-refractivity contribution in [2.45, 2.75) is 20.1 Å². The molecule has 1 amide bonds. The van der Waals surface area contributed by atoms with Gasteiger partial charge in [0.25, 0.3) is 5.91 Å². The molecule has 5 nitrogen and oxygen atoms in total. The smallest absolute Gasteiger partial charge is 0.254 e. The number of ether oxygens (including phenoxy) is 1. The van der Waals surface area contributed by atoms with E-state index in [4.69, 9.17) is 4.74 Å². The molecule has 3 aromatic rings. The zero-order valence-corrected chi connectivity index (χ0v) is 16.0. The van der Waals surface area contributed by atoms with Gasteiger partial charge in [0.2, 0.25) is 0 Å². The van der Waals surface area contributed by atoms with Crippen molar-refractivity contribution < 1.29 is 9.53 Å². The molecule has 1 aromatic heterocycles. The van der Waals surface area contributed by atoms with Crippen LogP contribution in [0.2, 0.25) is 0 Å². The van der Waals surface area contributed by atoms with Crippen LogP contribution >= 0.6 is 11.7 Å². The largest absolute Gasteiger partial charge is 0.487 e. The summed E-state index contributed by atoms with van der Waals surface area (Å²) in [5.41, 5.74) is 3.34. The van der Waals surface area contributed by atoms with Crippen LogP contribution in [0.3, 0.4) is 0 Å². The van der Waals surface area contributed by atoms with Crippen molar-refractivity contribution >= 4 is 17.6 Å². The third-order valence-corrected chi connectivity index (χ3v) is 4.71. The summed E-state index contributed by atoms with van der Waals surface area (Å²) >= 11 is 1.17. The highest BCUT2D eigenvalue weighted by atomic mass is 32.1. The van der Waals surface area contributed by atoms with Gasteiger partial charge in [-0.15, -0.1) is 6.58 Å².